The Balaban J connectivity index is 4.10. The minimum atomic E-state index is -1.18. The number of rotatable bonds is 4. The zero-order chi connectivity index (χ0) is 10.5. The predicted molar refractivity (Wildman–Crippen MR) is 47.1 cm³/mol. The number of ether oxygens (including phenoxy) is 2. The second-order valence-corrected chi connectivity index (χ2v) is 3.24. The van der Waals surface area contributed by atoms with Crippen LogP contribution in [0.25, 0.3) is 0 Å². The molecular formula is C9H16O4. The minimum absolute atomic E-state index is 0.351. The van der Waals surface area contributed by atoms with Crippen molar-refractivity contribution in [2.45, 2.75) is 39.7 Å². The molecule has 0 N–H and O–H groups in total. The highest BCUT2D eigenvalue weighted by Crippen LogP contribution is 2.11. The van der Waals surface area contributed by atoms with Gasteiger partial charge in [-0.3, -0.25) is 4.79 Å². The van der Waals surface area contributed by atoms with Crippen molar-refractivity contribution in [2.75, 3.05) is 6.61 Å². The topological polar surface area (TPSA) is 52.6 Å². The van der Waals surface area contributed by atoms with E-state index in [-0.39, 0.29) is 0 Å². The molecule has 0 bridgehead atoms. The maximum Gasteiger partial charge on any atom is 0.350 e. The smallest absolute Gasteiger partial charge is 0.350 e. The molecule has 13 heavy (non-hydrogen) atoms. The summed E-state index contributed by atoms with van der Waals surface area (Å²) in [6.45, 7) is 6.52. The van der Waals surface area contributed by atoms with E-state index in [2.05, 4.69) is 0 Å². The highest BCUT2D eigenvalue weighted by Gasteiger charge is 2.32. The molecule has 0 radical (unpaired) electrons. The quantitative estimate of drug-likeness (QED) is 0.623. The van der Waals surface area contributed by atoms with E-state index in [1.165, 1.54) is 20.8 Å². The molecule has 76 valence electrons. The molecule has 0 spiro atoms. The van der Waals surface area contributed by atoms with Gasteiger partial charge in [-0.15, -0.1) is 0 Å². The van der Waals surface area contributed by atoms with Crippen LogP contribution in [-0.4, -0.2) is 24.1 Å². The van der Waals surface area contributed by atoms with Crippen LogP contribution >= 0.6 is 0 Å². The lowest BCUT2D eigenvalue weighted by molar-refractivity contribution is -0.177. The van der Waals surface area contributed by atoms with E-state index >= 15 is 0 Å². The van der Waals surface area contributed by atoms with E-state index in [1.807, 2.05) is 6.92 Å². The Hall–Kier alpha value is -1.06. The van der Waals surface area contributed by atoms with Gasteiger partial charge < -0.3 is 9.47 Å². The van der Waals surface area contributed by atoms with Gasteiger partial charge in [0.15, 0.2) is 0 Å². The van der Waals surface area contributed by atoms with Gasteiger partial charge in [-0.1, -0.05) is 6.92 Å². The van der Waals surface area contributed by atoms with Crippen LogP contribution in [0.2, 0.25) is 0 Å². The number of esters is 2. The lowest BCUT2D eigenvalue weighted by Crippen LogP contribution is -2.38. The third kappa shape index (κ3) is 4.50. The molecule has 0 atom stereocenters. The van der Waals surface area contributed by atoms with Crippen LogP contribution in [0.5, 0.6) is 0 Å². The summed E-state index contributed by atoms with van der Waals surface area (Å²) in [5.74, 6) is -0.997. The van der Waals surface area contributed by atoms with Crippen molar-refractivity contribution in [2.24, 2.45) is 0 Å². The summed E-state index contributed by atoms with van der Waals surface area (Å²) < 4.78 is 9.62. The van der Waals surface area contributed by atoms with Gasteiger partial charge in [0.25, 0.3) is 0 Å². The molecule has 0 aliphatic rings. The first-order chi connectivity index (χ1) is 5.90. The molecule has 4 nitrogen and oxygen atoms in total. The van der Waals surface area contributed by atoms with Crippen LogP contribution in [0.1, 0.15) is 34.1 Å². The molecule has 0 saturated carbocycles. The van der Waals surface area contributed by atoms with Crippen molar-refractivity contribution in [3.8, 4) is 0 Å². The Morgan fingerprint density at radius 3 is 2.23 bits per heavy atom. The average molecular weight is 188 g/mol. The van der Waals surface area contributed by atoms with Crippen LogP contribution in [0.15, 0.2) is 0 Å². The SMILES string of the molecule is CCCOC(=O)C(C)(C)OC(C)=O. The van der Waals surface area contributed by atoms with Crippen LogP contribution < -0.4 is 0 Å². The van der Waals surface area contributed by atoms with Crippen LogP contribution in [0.3, 0.4) is 0 Å². The Bertz CT molecular complexity index is 196. The van der Waals surface area contributed by atoms with Gasteiger partial charge in [-0.2, -0.15) is 0 Å². The highest BCUT2D eigenvalue weighted by molar-refractivity contribution is 5.81. The molecule has 0 unspecified atom stereocenters. The fraction of sp³-hybridized carbons (Fsp3) is 0.778. The molecule has 0 saturated heterocycles. The maximum absolute atomic E-state index is 11.3. The molecule has 0 heterocycles. The Morgan fingerprint density at radius 2 is 1.85 bits per heavy atom. The van der Waals surface area contributed by atoms with Gasteiger partial charge in [0.2, 0.25) is 5.60 Å². The number of carbonyl (C=O) groups is 2. The Kier molecular flexibility index (Phi) is 4.45. The first-order valence-electron chi connectivity index (χ1n) is 4.27. The van der Waals surface area contributed by atoms with Gasteiger partial charge >= 0.3 is 11.9 Å². The number of hydrogen-bond acceptors (Lipinski definition) is 4. The average Bonchev–Trinajstić information content (AvgIpc) is 1.97. The fourth-order valence-electron chi connectivity index (χ4n) is 0.770. The van der Waals surface area contributed by atoms with Crippen molar-refractivity contribution in [3.05, 3.63) is 0 Å². The van der Waals surface area contributed by atoms with Crippen molar-refractivity contribution < 1.29 is 19.1 Å². The van der Waals surface area contributed by atoms with Gasteiger partial charge in [0.05, 0.1) is 6.61 Å². The van der Waals surface area contributed by atoms with E-state index in [1.54, 1.807) is 0 Å². The van der Waals surface area contributed by atoms with Crippen molar-refractivity contribution in [3.63, 3.8) is 0 Å². The van der Waals surface area contributed by atoms with E-state index in [9.17, 15) is 9.59 Å². The molecule has 0 aromatic rings. The van der Waals surface area contributed by atoms with Crippen molar-refractivity contribution in [1.82, 2.24) is 0 Å². The number of hydrogen-bond donors (Lipinski definition) is 0. The van der Waals surface area contributed by atoms with E-state index < -0.39 is 17.5 Å². The summed E-state index contributed by atoms with van der Waals surface area (Å²) in [7, 11) is 0. The predicted octanol–water partition coefficient (Wildman–Crippen LogP) is 1.28. The second kappa shape index (κ2) is 4.84. The molecule has 4 heteroatoms. The minimum Gasteiger partial charge on any atom is -0.463 e. The molecule has 0 aliphatic carbocycles. The summed E-state index contributed by atoms with van der Waals surface area (Å²) in [4.78, 5) is 21.9. The normalized spacial score (nSPS) is 10.8. The zero-order valence-corrected chi connectivity index (χ0v) is 8.55. The van der Waals surface area contributed by atoms with Crippen molar-refractivity contribution >= 4 is 11.9 Å². The van der Waals surface area contributed by atoms with Gasteiger partial charge in [-0.05, 0) is 20.3 Å². The van der Waals surface area contributed by atoms with E-state index in [0.717, 1.165) is 6.42 Å². The molecule has 0 aliphatic heterocycles. The van der Waals surface area contributed by atoms with Gasteiger partial charge in [0, 0.05) is 6.92 Å². The maximum atomic E-state index is 11.3. The van der Waals surface area contributed by atoms with E-state index in [0.29, 0.717) is 6.61 Å². The third-order valence-electron chi connectivity index (χ3n) is 1.33. The summed E-state index contributed by atoms with van der Waals surface area (Å²) in [5.41, 5.74) is -1.18. The molecule has 0 amide bonds. The standard InChI is InChI=1S/C9H16O4/c1-5-6-12-8(11)9(3,4)13-7(2)10/h5-6H2,1-4H3. The zero-order valence-electron chi connectivity index (χ0n) is 8.55. The second-order valence-electron chi connectivity index (χ2n) is 3.24. The molecule has 0 aromatic carbocycles. The molecular weight excluding hydrogens is 172 g/mol. The first-order valence-corrected chi connectivity index (χ1v) is 4.27. The Morgan fingerprint density at radius 1 is 1.31 bits per heavy atom. The lowest BCUT2D eigenvalue weighted by Gasteiger charge is -2.21. The fourth-order valence-corrected chi connectivity index (χ4v) is 0.770. The molecule has 0 fully saturated rings. The van der Waals surface area contributed by atoms with Crippen molar-refractivity contribution in [1.29, 1.82) is 0 Å². The molecule has 0 aromatic heterocycles. The largest absolute Gasteiger partial charge is 0.463 e. The number of carbonyl (C=O) groups excluding carboxylic acids is 2. The molecule has 0 rings (SSSR count). The summed E-state index contributed by atoms with van der Waals surface area (Å²) in [5, 5.41) is 0. The lowest BCUT2D eigenvalue weighted by atomic mass is 10.1. The van der Waals surface area contributed by atoms with Crippen LogP contribution in [0.4, 0.5) is 0 Å². The van der Waals surface area contributed by atoms with E-state index in [4.69, 9.17) is 9.47 Å². The highest BCUT2D eigenvalue weighted by atomic mass is 16.6. The monoisotopic (exact) mass is 188 g/mol. The third-order valence-corrected chi connectivity index (χ3v) is 1.33. The van der Waals surface area contributed by atoms with Gasteiger partial charge in [0.1, 0.15) is 0 Å². The summed E-state index contributed by atoms with van der Waals surface area (Å²) in [6, 6.07) is 0. The van der Waals surface area contributed by atoms with Gasteiger partial charge in [-0.25, -0.2) is 4.79 Å². The van der Waals surface area contributed by atoms with Crippen LogP contribution in [-0.2, 0) is 19.1 Å². The summed E-state index contributed by atoms with van der Waals surface area (Å²) in [6.07, 6.45) is 0.752. The summed E-state index contributed by atoms with van der Waals surface area (Å²) >= 11 is 0. The Labute approximate surface area is 78.2 Å². The van der Waals surface area contributed by atoms with Crippen LogP contribution in [0, 0.1) is 0 Å². The first kappa shape index (κ1) is 11.9.